The Bertz CT molecular complexity index is 827. The van der Waals surface area contributed by atoms with E-state index in [-0.39, 0.29) is 12.5 Å². The van der Waals surface area contributed by atoms with Crippen LogP contribution >= 0.6 is 22.9 Å². The molecular formula is C16H11ClN2O3S. The highest BCUT2D eigenvalue weighted by Crippen LogP contribution is 2.20. The minimum Gasteiger partial charge on any atom is -0.452 e. The van der Waals surface area contributed by atoms with Crippen LogP contribution in [-0.4, -0.2) is 16.1 Å². The van der Waals surface area contributed by atoms with Crippen molar-refractivity contribution < 1.29 is 14.1 Å². The summed E-state index contributed by atoms with van der Waals surface area (Å²) in [6.45, 7) is -0.0822. The van der Waals surface area contributed by atoms with E-state index >= 15 is 0 Å². The molecule has 0 atom stereocenters. The lowest BCUT2D eigenvalue weighted by Gasteiger charge is -1.96. The summed E-state index contributed by atoms with van der Waals surface area (Å²) in [5.74, 6) is 0.145. The van der Waals surface area contributed by atoms with Gasteiger partial charge in [0.25, 0.3) is 5.89 Å². The molecule has 0 saturated heterocycles. The first-order valence-corrected chi connectivity index (χ1v) is 7.93. The lowest BCUT2D eigenvalue weighted by Crippen LogP contribution is -2.00. The number of nitrogens with zero attached hydrogens (tertiary/aromatic N) is 2. The second-order valence-corrected chi connectivity index (χ2v) is 5.89. The van der Waals surface area contributed by atoms with Crippen LogP contribution in [0.15, 0.2) is 52.4 Å². The molecular weight excluding hydrogens is 336 g/mol. The second kappa shape index (κ2) is 7.21. The number of hydrogen-bond acceptors (Lipinski definition) is 6. The van der Waals surface area contributed by atoms with Crippen molar-refractivity contribution in [3.63, 3.8) is 0 Å². The van der Waals surface area contributed by atoms with Crippen molar-refractivity contribution in [1.82, 2.24) is 10.1 Å². The van der Waals surface area contributed by atoms with Gasteiger partial charge in [0, 0.05) is 21.5 Å². The number of carbonyl (C=O) groups is 1. The van der Waals surface area contributed by atoms with Crippen LogP contribution in [0.5, 0.6) is 0 Å². The van der Waals surface area contributed by atoms with Gasteiger partial charge in [0.1, 0.15) is 0 Å². The van der Waals surface area contributed by atoms with Crippen molar-refractivity contribution in [3.8, 4) is 11.4 Å². The molecule has 0 fully saturated rings. The van der Waals surface area contributed by atoms with Crippen molar-refractivity contribution in [2.75, 3.05) is 0 Å². The Labute approximate surface area is 141 Å². The van der Waals surface area contributed by atoms with E-state index in [1.54, 1.807) is 24.3 Å². The largest absolute Gasteiger partial charge is 0.452 e. The first-order chi connectivity index (χ1) is 11.2. The quantitative estimate of drug-likeness (QED) is 0.511. The Morgan fingerprint density at radius 3 is 3.04 bits per heavy atom. The topological polar surface area (TPSA) is 65.2 Å². The Balaban J connectivity index is 1.58. The van der Waals surface area contributed by atoms with Crippen LogP contribution in [-0.2, 0) is 16.1 Å². The molecule has 0 aliphatic heterocycles. The van der Waals surface area contributed by atoms with Crippen LogP contribution in [0.25, 0.3) is 17.5 Å². The first kappa shape index (κ1) is 15.5. The molecule has 7 heteroatoms. The number of benzene rings is 1. The van der Waals surface area contributed by atoms with E-state index in [9.17, 15) is 4.79 Å². The summed E-state index contributed by atoms with van der Waals surface area (Å²) in [5, 5.41) is 6.35. The maximum absolute atomic E-state index is 11.6. The van der Waals surface area contributed by atoms with E-state index in [0.29, 0.717) is 10.8 Å². The SMILES string of the molecule is O=C(/C=C/c1cccs1)OCc1nc(-c2cccc(Cl)c2)no1. The molecule has 116 valence electrons. The minimum absolute atomic E-state index is 0.0822. The number of esters is 1. The number of halogens is 1. The van der Waals surface area contributed by atoms with Gasteiger partial charge in [-0.3, -0.25) is 0 Å². The van der Waals surface area contributed by atoms with Gasteiger partial charge in [0.05, 0.1) is 0 Å². The van der Waals surface area contributed by atoms with Gasteiger partial charge in [0.2, 0.25) is 5.82 Å². The maximum atomic E-state index is 11.6. The van der Waals surface area contributed by atoms with Crippen LogP contribution in [0.1, 0.15) is 10.8 Å². The van der Waals surface area contributed by atoms with Gasteiger partial charge in [0.15, 0.2) is 6.61 Å². The molecule has 0 amide bonds. The molecule has 3 rings (SSSR count). The normalized spacial score (nSPS) is 11.0. The number of aromatic nitrogens is 2. The van der Waals surface area contributed by atoms with E-state index in [2.05, 4.69) is 10.1 Å². The molecule has 0 radical (unpaired) electrons. The highest BCUT2D eigenvalue weighted by atomic mass is 35.5. The average Bonchev–Trinajstić information content (AvgIpc) is 3.22. The highest BCUT2D eigenvalue weighted by molar-refractivity contribution is 7.10. The fraction of sp³-hybridized carbons (Fsp3) is 0.0625. The lowest BCUT2D eigenvalue weighted by molar-refractivity contribution is -0.139. The number of carbonyl (C=O) groups excluding carboxylic acids is 1. The fourth-order valence-corrected chi connectivity index (χ4v) is 2.58. The average molecular weight is 347 g/mol. The van der Waals surface area contributed by atoms with E-state index in [1.807, 2.05) is 23.6 Å². The molecule has 1 aromatic carbocycles. The molecule has 2 aromatic heterocycles. The van der Waals surface area contributed by atoms with Crippen molar-refractivity contribution >= 4 is 35.0 Å². The van der Waals surface area contributed by atoms with Crippen LogP contribution < -0.4 is 0 Å². The first-order valence-electron chi connectivity index (χ1n) is 6.67. The fourth-order valence-electron chi connectivity index (χ4n) is 1.78. The Morgan fingerprint density at radius 2 is 2.26 bits per heavy atom. The van der Waals surface area contributed by atoms with Crippen LogP contribution in [0, 0.1) is 0 Å². The summed E-state index contributed by atoms with van der Waals surface area (Å²) in [7, 11) is 0. The molecule has 0 aliphatic rings. The molecule has 0 N–H and O–H groups in total. The molecule has 0 saturated carbocycles. The van der Waals surface area contributed by atoms with Gasteiger partial charge in [-0.2, -0.15) is 4.98 Å². The van der Waals surface area contributed by atoms with E-state index in [4.69, 9.17) is 20.9 Å². The van der Waals surface area contributed by atoms with Crippen molar-refractivity contribution in [2.24, 2.45) is 0 Å². The summed E-state index contributed by atoms with van der Waals surface area (Å²) in [4.78, 5) is 16.8. The Hall–Kier alpha value is -2.44. The molecule has 0 bridgehead atoms. The zero-order valence-corrected chi connectivity index (χ0v) is 13.4. The van der Waals surface area contributed by atoms with Gasteiger partial charge in [-0.05, 0) is 29.7 Å². The zero-order chi connectivity index (χ0) is 16.1. The predicted octanol–water partition coefficient (Wildman–Crippen LogP) is 4.21. The number of ether oxygens (including phenoxy) is 1. The van der Waals surface area contributed by atoms with Gasteiger partial charge in [-0.1, -0.05) is 35.0 Å². The predicted molar refractivity (Wildman–Crippen MR) is 87.9 cm³/mol. The smallest absolute Gasteiger partial charge is 0.331 e. The molecule has 0 spiro atoms. The summed E-state index contributed by atoms with van der Waals surface area (Å²) < 4.78 is 10.1. The summed E-state index contributed by atoms with van der Waals surface area (Å²) in [6.07, 6.45) is 3.05. The van der Waals surface area contributed by atoms with E-state index < -0.39 is 5.97 Å². The van der Waals surface area contributed by atoms with Gasteiger partial charge in [-0.15, -0.1) is 11.3 Å². The third-order valence-electron chi connectivity index (χ3n) is 2.82. The van der Waals surface area contributed by atoms with Gasteiger partial charge < -0.3 is 9.26 Å². The summed E-state index contributed by atoms with van der Waals surface area (Å²) >= 11 is 7.45. The van der Waals surface area contributed by atoms with Gasteiger partial charge >= 0.3 is 5.97 Å². The maximum Gasteiger partial charge on any atom is 0.331 e. The summed E-state index contributed by atoms with van der Waals surface area (Å²) in [6, 6.07) is 10.9. The Kier molecular flexibility index (Phi) is 4.85. The molecule has 2 heterocycles. The third kappa shape index (κ3) is 4.28. The van der Waals surface area contributed by atoms with Crippen LogP contribution in [0.3, 0.4) is 0 Å². The zero-order valence-electron chi connectivity index (χ0n) is 11.8. The van der Waals surface area contributed by atoms with Crippen molar-refractivity contribution in [3.05, 3.63) is 63.6 Å². The van der Waals surface area contributed by atoms with Crippen LogP contribution in [0.4, 0.5) is 0 Å². The van der Waals surface area contributed by atoms with Crippen LogP contribution in [0.2, 0.25) is 5.02 Å². The number of thiophene rings is 1. The monoisotopic (exact) mass is 346 g/mol. The van der Waals surface area contributed by atoms with Gasteiger partial charge in [-0.25, -0.2) is 4.79 Å². The Morgan fingerprint density at radius 1 is 1.35 bits per heavy atom. The molecule has 5 nitrogen and oxygen atoms in total. The third-order valence-corrected chi connectivity index (χ3v) is 3.89. The standard InChI is InChI=1S/C16H11ClN2O3S/c17-12-4-1-3-11(9-12)16-18-14(22-19-16)10-21-15(20)7-6-13-5-2-8-23-13/h1-9H,10H2/b7-6+. The number of hydrogen-bond donors (Lipinski definition) is 0. The van der Waals surface area contributed by atoms with E-state index in [0.717, 1.165) is 10.4 Å². The number of rotatable bonds is 5. The molecule has 0 aliphatic carbocycles. The second-order valence-electron chi connectivity index (χ2n) is 4.48. The molecule has 0 unspecified atom stereocenters. The minimum atomic E-state index is -0.471. The molecule has 3 aromatic rings. The lowest BCUT2D eigenvalue weighted by atomic mass is 10.2. The molecule has 23 heavy (non-hydrogen) atoms. The van der Waals surface area contributed by atoms with E-state index in [1.165, 1.54) is 17.4 Å². The highest BCUT2D eigenvalue weighted by Gasteiger charge is 2.10. The summed E-state index contributed by atoms with van der Waals surface area (Å²) in [5.41, 5.74) is 0.733. The van der Waals surface area contributed by atoms with Crippen molar-refractivity contribution in [1.29, 1.82) is 0 Å². The van der Waals surface area contributed by atoms with Crippen molar-refractivity contribution in [2.45, 2.75) is 6.61 Å².